The quantitative estimate of drug-likeness (QED) is 0.921. The number of methoxy groups -OCH3 is 1. The molecule has 1 aromatic carbocycles. The van der Waals surface area contributed by atoms with Crippen LogP contribution < -0.4 is 15.0 Å². The SMILES string of the molecule is CCC1CCN(c2cc(OC)ccc2F)CC(C)CN1. The lowest BCUT2D eigenvalue weighted by Gasteiger charge is -2.33. The second-order valence-corrected chi connectivity index (χ2v) is 5.67. The molecule has 1 saturated heterocycles. The van der Waals surface area contributed by atoms with E-state index in [1.165, 1.54) is 6.07 Å². The molecule has 20 heavy (non-hydrogen) atoms. The molecule has 1 N–H and O–H groups in total. The van der Waals surface area contributed by atoms with Crippen LogP contribution in [0.5, 0.6) is 5.75 Å². The Labute approximate surface area is 121 Å². The topological polar surface area (TPSA) is 24.5 Å². The summed E-state index contributed by atoms with van der Waals surface area (Å²) in [4.78, 5) is 2.16. The first-order valence-electron chi connectivity index (χ1n) is 7.46. The first-order chi connectivity index (χ1) is 9.63. The number of hydrogen-bond donors (Lipinski definition) is 1. The second kappa shape index (κ2) is 6.93. The molecule has 112 valence electrons. The van der Waals surface area contributed by atoms with Crippen molar-refractivity contribution in [3.63, 3.8) is 0 Å². The maximum absolute atomic E-state index is 14.1. The summed E-state index contributed by atoms with van der Waals surface area (Å²) in [6.45, 7) is 7.13. The van der Waals surface area contributed by atoms with Gasteiger partial charge in [-0.1, -0.05) is 13.8 Å². The first kappa shape index (κ1) is 15.1. The van der Waals surface area contributed by atoms with Gasteiger partial charge < -0.3 is 15.0 Å². The van der Waals surface area contributed by atoms with Gasteiger partial charge in [-0.05, 0) is 37.4 Å². The molecule has 4 heteroatoms. The van der Waals surface area contributed by atoms with E-state index in [4.69, 9.17) is 4.74 Å². The summed E-state index contributed by atoms with van der Waals surface area (Å²) >= 11 is 0. The van der Waals surface area contributed by atoms with Crippen LogP contribution in [0.3, 0.4) is 0 Å². The summed E-state index contributed by atoms with van der Waals surface area (Å²) in [5, 5.41) is 3.59. The van der Waals surface area contributed by atoms with Crippen LogP contribution in [0, 0.1) is 11.7 Å². The Balaban J connectivity index is 2.20. The Hall–Kier alpha value is -1.29. The zero-order chi connectivity index (χ0) is 14.5. The molecular formula is C16H25FN2O. The van der Waals surface area contributed by atoms with Gasteiger partial charge in [0, 0.05) is 25.2 Å². The van der Waals surface area contributed by atoms with Crippen molar-refractivity contribution in [3.05, 3.63) is 24.0 Å². The van der Waals surface area contributed by atoms with Crippen LogP contribution in [0.4, 0.5) is 10.1 Å². The lowest BCUT2D eigenvalue weighted by Crippen LogP contribution is -2.43. The predicted molar refractivity (Wildman–Crippen MR) is 81.0 cm³/mol. The fourth-order valence-electron chi connectivity index (χ4n) is 2.74. The van der Waals surface area contributed by atoms with E-state index < -0.39 is 0 Å². The number of halogens is 1. The lowest BCUT2D eigenvalue weighted by molar-refractivity contribution is 0.385. The van der Waals surface area contributed by atoms with Crippen molar-refractivity contribution >= 4 is 5.69 Å². The van der Waals surface area contributed by atoms with E-state index in [1.54, 1.807) is 19.2 Å². The van der Waals surface area contributed by atoms with Gasteiger partial charge in [0.2, 0.25) is 0 Å². The third-order valence-electron chi connectivity index (χ3n) is 4.02. The van der Waals surface area contributed by atoms with E-state index in [0.29, 0.717) is 23.4 Å². The van der Waals surface area contributed by atoms with Crippen molar-refractivity contribution < 1.29 is 9.13 Å². The molecule has 0 aliphatic carbocycles. The predicted octanol–water partition coefficient (Wildman–Crippen LogP) is 3.05. The first-order valence-corrected chi connectivity index (χ1v) is 7.46. The molecule has 1 aliphatic rings. The highest BCUT2D eigenvalue weighted by atomic mass is 19.1. The molecule has 2 unspecified atom stereocenters. The highest BCUT2D eigenvalue weighted by Gasteiger charge is 2.20. The van der Waals surface area contributed by atoms with Crippen molar-refractivity contribution in [3.8, 4) is 5.75 Å². The third kappa shape index (κ3) is 3.63. The van der Waals surface area contributed by atoms with Gasteiger partial charge in [0.05, 0.1) is 12.8 Å². The van der Waals surface area contributed by atoms with Gasteiger partial charge in [0.25, 0.3) is 0 Å². The summed E-state index contributed by atoms with van der Waals surface area (Å²) < 4.78 is 19.3. The zero-order valence-electron chi connectivity index (χ0n) is 12.7. The summed E-state index contributed by atoms with van der Waals surface area (Å²) in [6, 6.07) is 5.49. The number of benzene rings is 1. The average Bonchev–Trinajstić information content (AvgIpc) is 2.44. The Bertz CT molecular complexity index is 438. The Kier molecular flexibility index (Phi) is 5.24. The number of nitrogens with one attached hydrogen (secondary N) is 1. The monoisotopic (exact) mass is 280 g/mol. The van der Waals surface area contributed by atoms with Gasteiger partial charge >= 0.3 is 0 Å². The number of rotatable bonds is 3. The summed E-state index contributed by atoms with van der Waals surface area (Å²) in [6.07, 6.45) is 2.15. The molecule has 0 bridgehead atoms. The molecule has 1 heterocycles. The van der Waals surface area contributed by atoms with Gasteiger partial charge in [-0.25, -0.2) is 4.39 Å². The molecule has 2 atom stereocenters. The normalized spacial score (nSPS) is 24.1. The van der Waals surface area contributed by atoms with E-state index >= 15 is 0 Å². The highest BCUT2D eigenvalue weighted by molar-refractivity contribution is 5.52. The smallest absolute Gasteiger partial charge is 0.146 e. The minimum Gasteiger partial charge on any atom is -0.497 e. The Morgan fingerprint density at radius 1 is 1.45 bits per heavy atom. The molecule has 0 saturated carbocycles. The van der Waals surface area contributed by atoms with E-state index in [-0.39, 0.29) is 5.82 Å². The van der Waals surface area contributed by atoms with Crippen molar-refractivity contribution in [2.24, 2.45) is 5.92 Å². The molecule has 0 amide bonds. The van der Waals surface area contributed by atoms with Crippen molar-refractivity contribution in [2.45, 2.75) is 32.7 Å². The lowest BCUT2D eigenvalue weighted by atomic mass is 10.0. The number of ether oxygens (including phenoxy) is 1. The van der Waals surface area contributed by atoms with E-state index in [9.17, 15) is 4.39 Å². The molecule has 1 fully saturated rings. The summed E-state index contributed by atoms with van der Waals surface area (Å²) in [5.41, 5.74) is 0.660. The molecule has 0 aromatic heterocycles. The Morgan fingerprint density at radius 2 is 2.25 bits per heavy atom. The van der Waals surface area contributed by atoms with Crippen LogP contribution in [-0.4, -0.2) is 32.8 Å². The van der Waals surface area contributed by atoms with Gasteiger partial charge in [0.1, 0.15) is 11.6 Å². The van der Waals surface area contributed by atoms with Gasteiger partial charge in [-0.2, -0.15) is 0 Å². The van der Waals surface area contributed by atoms with Crippen LogP contribution >= 0.6 is 0 Å². The Morgan fingerprint density at radius 3 is 2.95 bits per heavy atom. The van der Waals surface area contributed by atoms with Gasteiger partial charge in [-0.3, -0.25) is 0 Å². The van der Waals surface area contributed by atoms with Crippen LogP contribution in [0.15, 0.2) is 18.2 Å². The van der Waals surface area contributed by atoms with E-state index in [2.05, 4.69) is 24.1 Å². The summed E-state index contributed by atoms with van der Waals surface area (Å²) in [7, 11) is 1.62. The largest absolute Gasteiger partial charge is 0.497 e. The van der Waals surface area contributed by atoms with Crippen molar-refractivity contribution in [1.82, 2.24) is 5.32 Å². The van der Waals surface area contributed by atoms with Crippen LogP contribution in [0.25, 0.3) is 0 Å². The molecule has 3 nitrogen and oxygen atoms in total. The minimum absolute atomic E-state index is 0.167. The summed E-state index contributed by atoms with van der Waals surface area (Å²) in [5.74, 6) is 1.04. The number of nitrogens with zero attached hydrogens (tertiary/aromatic N) is 1. The fourth-order valence-corrected chi connectivity index (χ4v) is 2.74. The maximum Gasteiger partial charge on any atom is 0.146 e. The molecule has 0 radical (unpaired) electrons. The average molecular weight is 280 g/mol. The maximum atomic E-state index is 14.1. The second-order valence-electron chi connectivity index (χ2n) is 5.67. The van der Waals surface area contributed by atoms with Crippen molar-refractivity contribution in [2.75, 3.05) is 31.6 Å². The van der Waals surface area contributed by atoms with E-state index in [1.807, 2.05) is 0 Å². The fraction of sp³-hybridized carbons (Fsp3) is 0.625. The standard InChI is InChI=1S/C16H25FN2O/c1-4-13-7-8-19(11-12(2)10-18-13)16-9-14(20-3)5-6-15(16)17/h5-6,9,12-13,18H,4,7-8,10-11H2,1-3H3. The molecule has 2 rings (SSSR count). The van der Waals surface area contributed by atoms with Gasteiger partial charge in [-0.15, -0.1) is 0 Å². The third-order valence-corrected chi connectivity index (χ3v) is 4.02. The molecular weight excluding hydrogens is 255 g/mol. The highest BCUT2D eigenvalue weighted by Crippen LogP contribution is 2.26. The molecule has 0 spiro atoms. The van der Waals surface area contributed by atoms with Crippen LogP contribution in [0.1, 0.15) is 26.7 Å². The van der Waals surface area contributed by atoms with Crippen molar-refractivity contribution in [1.29, 1.82) is 0 Å². The molecule has 1 aromatic rings. The number of hydrogen-bond acceptors (Lipinski definition) is 3. The van der Waals surface area contributed by atoms with Crippen LogP contribution in [-0.2, 0) is 0 Å². The van der Waals surface area contributed by atoms with E-state index in [0.717, 1.165) is 32.5 Å². The van der Waals surface area contributed by atoms with Crippen LogP contribution in [0.2, 0.25) is 0 Å². The van der Waals surface area contributed by atoms with Gasteiger partial charge in [0.15, 0.2) is 0 Å². The molecule has 1 aliphatic heterocycles. The zero-order valence-corrected chi connectivity index (χ0v) is 12.7. The number of anilines is 1. The minimum atomic E-state index is -0.167.